The van der Waals surface area contributed by atoms with Crippen LogP contribution in [0.4, 0.5) is 0 Å². The van der Waals surface area contributed by atoms with Crippen molar-refractivity contribution in [3.05, 3.63) is 0 Å². The summed E-state index contributed by atoms with van der Waals surface area (Å²) in [6, 6.07) is 0. The second-order valence-corrected chi connectivity index (χ2v) is 5.54. The number of carbonyl (C=O) groups is 2. The second kappa shape index (κ2) is 16.3. The molecule has 0 aliphatic heterocycles. The fraction of sp³-hybridized carbons (Fsp3) is 0.875. The van der Waals surface area contributed by atoms with Gasteiger partial charge in [0, 0.05) is 20.0 Å². The van der Waals surface area contributed by atoms with Crippen molar-refractivity contribution in [2.75, 3.05) is 13.6 Å². The Morgan fingerprint density at radius 2 is 1.38 bits per heavy atom. The normalized spacial score (nSPS) is 10.0. The van der Waals surface area contributed by atoms with Gasteiger partial charge < -0.3 is 11.4 Å². The number of nitrogens with zero attached hydrogens (tertiary/aromatic N) is 1. The Labute approximate surface area is 153 Å². The minimum atomic E-state index is -0.854. The first-order valence-electron chi connectivity index (χ1n) is 8.03. The number of carbonyl (C=O) groups excluding carboxylic acids is 1. The van der Waals surface area contributed by atoms with E-state index in [1.165, 1.54) is 49.8 Å². The Hall–Kier alpha value is -0.0600. The Bertz CT molecular complexity index is 278. The van der Waals surface area contributed by atoms with Crippen molar-refractivity contribution < 1.29 is 45.7 Å². The zero-order valence-electron chi connectivity index (χ0n) is 15.2. The van der Waals surface area contributed by atoms with E-state index in [4.69, 9.17) is 5.11 Å². The van der Waals surface area contributed by atoms with Gasteiger partial charge in [-0.05, 0) is 6.42 Å². The molecule has 0 heterocycles. The van der Waals surface area contributed by atoms with Crippen molar-refractivity contribution in [1.82, 2.24) is 4.90 Å². The van der Waals surface area contributed by atoms with E-state index in [9.17, 15) is 9.59 Å². The van der Waals surface area contributed by atoms with Crippen LogP contribution >= 0.6 is 0 Å². The van der Waals surface area contributed by atoms with Gasteiger partial charge in [0.15, 0.2) is 0 Å². The average molecular weight is 309 g/mol. The van der Waals surface area contributed by atoms with Crippen LogP contribution in [0.3, 0.4) is 0 Å². The van der Waals surface area contributed by atoms with Gasteiger partial charge in [-0.15, -0.1) is 0 Å². The molecule has 1 amide bonds. The summed E-state index contributed by atoms with van der Waals surface area (Å²) in [5.74, 6) is -0.790. The van der Waals surface area contributed by atoms with Gasteiger partial charge in [-0.3, -0.25) is 9.59 Å². The standard InChI is InChI=1S/C16H31NO3.Na.H/c1-3-4-5-6-7-8-9-10-11-12-15(18)17(2)14-13-16(19)20;;/h3-14H2,1-2H3,(H,19,20);;/q;+1;-1. The fourth-order valence-corrected chi connectivity index (χ4v) is 2.17. The molecule has 0 aliphatic carbocycles. The number of hydrogen-bond donors (Lipinski definition) is 1. The minimum Gasteiger partial charge on any atom is -1.00 e. The van der Waals surface area contributed by atoms with Gasteiger partial charge in [-0.1, -0.05) is 58.3 Å². The van der Waals surface area contributed by atoms with Gasteiger partial charge in [0.25, 0.3) is 0 Å². The molecule has 0 unspecified atom stereocenters. The predicted molar refractivity (Wildman–Crippen MR) is 82.8 cm³/mol. The van der Waals surface area contributed by atoms with Crippen molar-refractivity contribution in [3.8, 4) is 0 Å². The predicted octanol–water partition coefficient (Wildman–Crippen LogP) is 0.957. The van der Waals surface area contributed by atoms with Gasteiger partial charge >= 0.3 is 35.5 Å². The van der Waals surface area contributed by atoms with Crippen LogP contribution in [0.5, 0.6) is 0 Å². The molecule has 120 valence electrons. The van der Waals surface area contributed by atoms with Gasteiger partial charge in [-0.25, -0.2) is 0 Å². The summed E-state index contributed by atoms with van der Waals surface area (Å²) in [7, 11) is 1.68. The van der Waals surface area contributed by atoms with E-state index in [-0.39, 0.29) is 43.3 Å². The molecule has 0 aromatic carbocycles. The number of carboxylic acid groups (broad SMARTS) is 1. The Kier molecular flexibility index (Phi) is 18.0. The summed E-state index contributed by atoms with van der Waals surface area (Å²) in [6.07, 6.45) is 11.7. The molecule has 0 aromatic rings. The van der Waals surface area contributed by atoms with Crippen molar-refractivity contribution in [2.45, 2.75) is 77.6 Å². The van der Waals surface area contributed by atoms with Gasteiger partial charge in [0.05, 0.1) is 6.42 Å². The number of hydrogen-bond acceptors (Lipinski definition) is 2. The van der Waals surface area contributed by atoms with E-state index in [1.807, 2.05) is 0 Å². The van der Waals surface area contributed by atoms with Crippen LogP contribution in [0.1, 0.15) is 79.0 Å². The third-order valence-electron chi connectivity index (χ3n) is 3.58. The smallest absolute Gasteiger partial charge is 1.00 e. The van der Waals surface area contributed by atoms with Crippen LogP contribution < -0.4 is 29.6 Å². The molecule has 0 aromatic heterocycles. The maximum Gasteiger partial charge on any atom is 1.00 e. The van der Waals surface area contributed by atoms with Crippen LogP contribution in [-0.4, -0.2) is 35.5 Å². The van der Waals surface area contributed by atoms with Crippen molar-refractivity contribution in [1.29, 1.82) is 0 Å². The first-order valence-corrected chi connectivity index (χ1v) is 8.03. The summed E-state index contributed by atoms with van der Waals surface area (Å²) >= 11 is 0. The number of unbranched alkanes of at least 4 members (excludes halogenated alkanes) is 8. The molecule has 0 bridgehead atoms. The molecule has 0 radical (unpaired) electrons. The molecule has 0 atom stereocenters. The molecule has 1 N–H and O–H groups in total. The fourth-order valence-electron chi connectivity index (χ4n) is 2.17. The topological polar surface area (TPSA) is 57.6 Å². The van der Waals surface area contributed by atoms with Crippen LogP contribution in [0, 0.1) is 0 Å². The van der Waals surface area contributed by atoms with E-state index in [0.717, 1.165) is 12.8 Å². The molecule has 0 rings (SSSR count). The maximum atomic E-state index is 11.7. The molecule has 21 heavy (non-hydrogen) atoms. The van der Waals surface area contributed by atoms with E-state index in [2.05, 4.69) is 6.92 Å². The quantitative estimate of drug-likeness (QED) is 0.407. The SMILES string of the molecule is CCCCCCCCCCCC(=O)N(C)CCC(=O)O.[H-].[Na+]. The van der Waals surface area contributed by atoms with Crippen LogP contribution in [0.25, 0.3) is 0 Å². The number of aliphatic carboxylic acids is 1. The Morgan fingerprint density at radius 3 is 1.86 bits per heavy atom. The Balaban J connectivity index is -0.00000180. The molecule has 0 saturated carbocycles. The average Bonchev–Trinajstić information content (AvgIpc) is 2.42. The van der Waals surface area contributed by atoms with Crippen molar-refractivity contribution in [2.24, 2.45) is 0 Å². The van der Waals surface area contributed by atoms with Crippen molar-refractivity contribution in [3.63, 3.8) is 0 Å². The van der Waals surface area contributed by atoms with Crippen LogP contribution in [0.2, 0.25) is 0 Å². The molecule has 0 spiro atoms. The largest absolute Gasteiger partial charge is 1.00 e. The first kappa shape index (κ1) is 23.2. The molecular formula is C16H32NNaO3. The summed E-state index contributed by atoms with van der Waals surface area (Å²) in [5, 5.41) is 8.56. The molecule has 4 nitrogen and oxygen atoms in total. The third kappa shape index (κ3) is 16.1. The molecule has 0 saturated heterocycles. The van der Waals surface area contributed by atoms with Gasteiger partial charge in [0.2, 0.25) is 5.91 Å². The summed E-state index contributed by atoms with van der Waals surface area (Å²) < 4.78 is 0. The zero-order valence-corrected chi connectivity index (χ0v) is 16.2. The number of carboxylic acids is 1. The van der Waals surface area contributed by atoms with E-state index < -0.39 is 5.97 Å². The van der Waals surface area contributed by atoms with Gasteiger partial charge in [0.1, 0.15) is 0 Å². The summed E-state index contributed by atoms with van der Waals surface area (Å²) in [5.41, 5.74) is 0. The van der Waals surface area contributed by atoms with E-state index in [0.29, 0.717) is 13.0 Å². The zero-order chi connectivity index (χ0) is 15.2. The number of rotatable bonds is 13. The molecule has 0 aliphatic rings. The summed E-state index contributed by atoms with van der Waals surface area (Å²) in [6.45, 7) is 2.54. The second-order valence-electron chi connectivity index (χ2n) is 5.54. The maximum absolute atomic E-state index is 11.7. The monoisotopic (exact) mass is 309 g/mol. The molecule has 0 fully saturated rings. The Morgan fingerprint density at radius 1 is 0.905 bits per heavy atom. The number of amides is 1. The minimum absolute atomic E-state index is 0. The van der Waals surface area contributed by atoms with E-state index in [1.54, 1.807) is 7.05 Å². The molecule has 5 heteroatoms. The summed E-state index contributed by atoms with van der Waals surface area (Å²) in [4.78, 5) is 23.6. The van der Waals surface area contributed by atoms with Crippen LogP contribution in [0.15, 0.2) is 0 Å². The first-order chi connectivity index (χ1) is 9.57. The third-order valence-corrected chi connectivity index (χ3v) is 3.58. The van der Waals surface area contributed by atoms with Crippen LogP contribution in [-0.2, 0) is 9.59 Å². The van der Waals surface area contributed by atoms with Crippen molar-refractivity contribution >= 4 is 11.9 Å². The van der Waals surface area contributed by atoms with Gasteiger partial charge in [-0.2, -0.15) is 0 Å². The molecular weight excluding hydrogens is 277 g/mol. The van der Waals surface area contributed by atoms with E-state index >= 15 is 0 Å².